The van der Waals surface area contributed by atoms with Crippen LogP contribution in [-0.4, -0.2) is 51.4 Å². The van der Waals surface area contributed by atoms with Crippen LogP contribution in [0.15, 0.2) is 101 Å². The van der Waals surface area contributed by atoms with Gasteiger partial charge in [0.05, 0.1) is 58.6 Å². The van der Waals surface area contributed by atoms with Gasteiger partial charge in [0, 0.05) is 5.69 Å². The number of esters is 1. The number of aromatic amines is 2. The number of nitrogens with one attached hydrogen (secondary N) is 4. The van der Waals surface area contributed by atoms with E-state index in [1.54, 1.807) is 74.5 Å². The molecule has 13 heteroatoms. The quantitative estimate of drug-likeness (QED) is 0.0455. The highest BCUT2D eigenvalue weighted by Gasteiger charge is 2.22. The highest BCUT2D eigenvalue weighted by molar-refractivity contribution is 5.99. The van der Waals surface area contributed by atoms with Crippen LogP contribution in [0.4, 0.5) is 11.4 Å². The lowest BCUT2D eigenvalue weighted by Gasteiger charge is -2.15. The van der Waals surface area contributed by atoms with Crippen molar-refractivity contribution in [2.24, 2.45) is 0 Å². The minimum absolute atomic E-state index is 0.210. The van der Waals surface area contributed by atoms with Gasteiger partial charge in [0.25, 0.3) is 11.1 Å². The predicted molar refractivity (Wildman–Crippen MR) is 245 cm³/mol. The number of nitrogens with zero attached hydrogens (tertiary/aromatic N) is 2. The summed E-state index contributed by atoms with van der Waals surface area (Å²) < 4.78 is 10.8. The first-order chi connectivity index (χ1) is 30.0. The zero-order valence-electron chi connectivity index (χ0n) is 36.3. The van der Waals surface area contributed by atoms with Crippen LogP contribution < -0.4 is 26.5 Å². The molecule has 0 aliphatic rings. The van der Waals surface area contributed by atoms with E-state index in [1.807, 2.05) is 37.3 Å². The molecule has 4 N–H and O–H groups in total. The SMILES string of the molecule is CCCCCCCCCCCCOC(=O)c1ccc(OC)c(NC(=O)C(C)c2nc3ccccc3c(=O)[nH]2)c1.Cc1ccccc1NC(=O)C(C)c1nc2ccccc2c(=O)[nH]1. The van der Waals surface area contributed by atoms with Crippen LogP contribution in [0.3, 0.4) is 0 Å². The Morgan fingerprint density at radius 3 is 1.65 bits per heavy atom. The predicted octanol–water partition coefficient (Wildman–Crippen LogP) is 9.73. The number of unbranched alkanes of at least 4 members (excludes halogenated alkanes) is 9. The Bertz CT molecular complexity index is 2570. The van der Waals surface area contributed by atoms with Crippen LogP contribution in [0.2, 0.25) is 0 Å². The van der Waals surface area contributed by atoms with E-state index in [0.717, 1.165) is 30.5 Å². The Labute approximate surface area is 362 Å². The molecule has 0 aliphatic carbocycles. The van der Waals surface area contributed by atoms with E-state index in [9.17, 15) is 24.0 Å². The van der Waals surface area contributed by atoms with Gasteiger partial charge in [-0.15, -0.1) is 0 Å². The lowest BCUT2D eigenvalue weighted by atomic mass is 10.1. The van der Waals surface area contributed by atoms with Crippen molar-refractivity contribution >= 4 is 51.0 Å². The minimum Gasteiger partial charge on any atom is -0.495 e. The summed E-state index contributed by atoms with van der Waals surface area (Å²) in [5, 5.41) is 6.65. The average molecular weight is 843 g/mol. The number of anilines is 2. The molecule has 2 aromatic heterocycles. The zero-order chi connectivity index (χ0) is 44.4. The van der Waals surface area contributed by atoms with Gasteiger partial charge in [-0.3, -0.25) is 19.2 Å². The van der Waals surface area contributed by atoms with Crippen LogP contribution in [0, 0.1) is 6.92 Å². The molecule has 62 heavy (non-hydrogen) atoms. The van der Waals surface area contributed by atoms with Crippen molar-refractivity contribution in [1.82, 2.24) is 19.9 Å². The fourth-order valence-electron chi connectivity index (χ4n) is 6.83. The summed E-state index contributed by atoms with van der Waals surface area (Å²) >= 11 is 0. The number of hydrogen-bond donors (Lipinski definition) is 4. The normalized spacial score (nSPS) is 11.9. The van der Waals surface area contributed by atoms with E-state index in [1.165, 1.54) is 52.1 Å². The number of carbonyl (C=O) groups excluding carboxylic acids is 3. The molecule has 2 unspecified atom stereocenters. The number of rotatable bonds is 19. The van der Waals surface area contributed by atoms with E-state index >= 15 is 0 Å². The summed E-state index contributed by atoms with van der Waals surface area (Å²) in [7, 11) is 1.49. The van der Waals surface area contributed by atoms with Gasteiger partial charge in [0.2, 0.25) is 11.8 Å². The highest BCUT2D eigenvalue weighted by Crippen LogP contribution is 2.28. The molecule has 2 heterocycles. The molecule has 0 fully saturated rings. The summed E-state index contributed by atoms with van der Waals surface area (Å²) in [4.78, 5) is 76.9. The van der Waals surface area contributed by atoms with E-state index in [0.29, 0.717) is 51.2 Å². The van der Waals surface area contributed by atoms with Gasteiger partial charge in [-0.05, 0) is 81.3 Å². The number of ether oxygens (including phenoxy) is 2. The maximum Gasteiger partial charge on any atom is 0.338 e. The molecule has 0 spiro atoms. The maximum atomic E-state index is 13.0. The Kier molecular flexibility index (Phi) is 17.5. The number of H-pyrrole nitrogens is 2. The molecule has 326 valence electrons. The molecular weight excluding hydrogens is 785 g/mol. The number of aromatic nitrogens is 4. The van der Waals surface area contributed by atoms with Crippen molar-refractivity contribution in [2.75, 3.05) is 24.4 Å². The molecule has 2 atom stereocenters. The van der Waals surface area contributed by atoms with E-state index in [4.69, 9.17) is 9.47 Å². The largest absolute Gasteiger partial charge is 0.495 e. The van der Waals surface area contributed by atoms with Crippen molar-refractivity contribution in [2.45, 2.75) is 104 Å². The molecule has 0 bridgehead atoms. The molecule has 0 aliphatic heterocycles. The first kappa shape index (κ1) is 46.4. The summed E-state index contributed by atoms with van der Waals surface area (Å²) in [6.45, 7) is 7.90. The smallest absolute Gasteiger partial charge is 0.338 e. The van der Waals surface area contributed by atoms with Gasteiger partial charge in [0.15, 0.2) is 0 Å². The number of amides is 2. The molecular formula is C49H58N6O7. The summed E-state index contributed by atoms with van der Waals surface area (Å²) in [5.74, 6) is -1.35. The molecule has 2 amide bonds. The zero-order valence-corrected chi connectivity index (χ0v) is 36.3. The lowest BCUT2D eigenvalue weighted by molar-refractivity contribution is -0.118. The van der Waals surface area contributed by atoms with Crippen molar-refractivity contribution < 1.29 is 23.9 Å². The van der Waals surface area contributed by atoms with Gasteiger partial charge in [0.1, 0.15) is 17.4 Å². The summed E-state index contributed by atoms with van der Waals surface area (Å²) in [6.07, 6.45) is 12.1. The van der Waals surface area contributed by atoms with Crippen LogP contribution in [-0.2, 0) is 14.3 Å². The second-order valence-electron chi connectivity index (χ2n) is 15.4. The molecule has 6 rings (SSSR count). The topological polar surface area (TPSA) is 185 Å². The van der Waals surface area contributed by atoms with Crippen molar-refractivity contribution in [3.8, 4) is 5.75 Å². The van der Waals surface area contributed by atoms with Gasteiger partial charge >= 0.3 is 5.97 Å². The van der Waals surface area contributed by atoms with Crippen LogP contribution in [0.1, 0.15) is 124 Å². The number of fused-ring (bicyclic) bond motifs is 2. The Morgan fingerprint density at radius 1 is 0.629 bits per heavy atom. The van der Waals surface area contributed by atoms with Gasteiger partial charge in [-0.25, -0.2) is 14.8 Å². The lowest BCUT2D eigenvalue weighted by Crippen LogP contribution is -2.24. The summed E-state index contributed by atoms with van der Waals surface area (Å²) in [5.41, 5.74) is 2.96. The van der Waals surface area contributed by atoms with E-state index in [2.05, 4.69) is 37.5 Å². The number of aryl methyl sites for hydroxylation is 1. The number of para-hydroxylation sites is 3. The number of benzene rings is 4. The molecule has 0 saturated carbocycles. The number of methoxy groups -OCH3 is 1. The highest BCUT2D eigenvalue weighted by atomic mass is 16.5. The third-order valence-electron chi connectivity index (χ3n) is 10.7. The van der Waals surface area contributed by atoms with Crippen molar-refractivity contribution in [3.63, 3.8) is 0 Å². The standard InChI is InChI=1S/C31H41N3O5.C18H17N3O2/c1-4-5-6-7-8-9-10-11-12-15-20-39-31(37)23-18-19-27(38-3)26(21-23)33-29(35)22(2)28-32-25-17-14-13-16-24(25)30(36)34-28;1-11-7-3-5-9-14(11)20-17(22)12(2)16-19-15-10-6-4-8-13(15)18(23)21-16/h13-14,16-19,21-22H,4-12,15,20H2,1-3H3,(H,33,35)(H,32,34,36);3-10,12H,1-2H3,(H,20,22)(H,19,21,23). The first-order valence-corrected chi connectivity index (χ1v) is 21.5. The Morgan fingerprint density at radius 2 is 1.11 bits per heavy atom. The molecule has 0 radical (unpaired) electrons. The van der Waals surface area contributed by atoms with Crippen LogP contribution in [0.25, 0.3) is 21.8 Å². The second kappa shape index (κ2) is 23.4. The van der Waals surface area contributed by atoms with Gasteiger partial charge in [-0.2, -0.15) is 0 Å². The molecule has 4 aromatic carbocycles. The third kappa shape index (κ3) is 12.9. The van der Waals surface area contributed by atoms with Crippen molar-refractivity contribution in [3.05, 3.63) is 134 Å². The minimum atomic E-state index is -0.751. The summed E-state index contributed by atoms with van der Waals surface area (Å²) in [6, 6.07) is 26.4. The molecule has 6 aromatic rings. The second-order valence-corrected chi connectivity index (χ2v) is 15.4. The third-order valence-corrected chi connectivity index (χ3v) is 10.7. The fraction of sp³-hybridized carbons (Fsp3) is 0.367. The van der Waals surface area contributed by atoms with Crippen molar-refractivity contribution in [1.29, 1.82) is 0 Å². The van der Waals surface area contributed by atoms with E-state index < -0.39 is 23.7 Å². The Balaban J connectivity index is 0.000000267. The van der Waals surface area contributed by atoms with Crippen LogP contribution in [0.5, 0.6) is 5.75 Å². The number of carbonyl (C=O) groups is 3. The first-order valence-electron chi connectivity index (χ1n) is 21.5. The monoisotopic (exact) mass is 842 g/mol. The average Bonchev–Trinajstić information content (AvgIpc) is 3.28. The number of hydrogen-bond acceptors (Lipinski definition) is 9. The molecule has 13 nitrogen and oxygen atoms in total. The van der Waals surface area contributed by atoms with Gasteiger partial charge < -0.3 is 30.1 Å². The van der Waals surface area contributed by atoms with Gasteiger partial charge in [-0.1, -0.05) is 107 Å². The fourth-order valence-corrected chi connectivity index (χ4v) is 6.83. The Hall–Kier alpha value is -6.63. The molecule has 0 saturated heterocycles. The maximum absolute atomic E-state index is 13.0. The van der Waals surface area contributed by atoms with Crippen LogP contribution >= 0.6 is 0 Å². The van der Waals surface area contributed by atoms with E-state index in [-0.39, 0.29) is 22.9 Å².